The first-order valence-electron chi connectivity index (χ1n) is 44.2. The molecule has 7 unspecified atom stereocenters. The number of amides is 3. The van der Waals surface area contributed by atoms with Crippen molar-refractivity contribution in [1.29, 1.82) is 15.8 Å². The predicted octanol–water partition coefficient (Wildman–Crippen LogP) is 15.0. The highest BCUT2D eigenvalue weighted by Crippen LogP contribution is 2.58. The molecule has 0 aromatic heterocycles. The summed E-state index contributed by atoms with van der Waals surface area (Å²) in [7, 11) is 0. The maximum atomic E-state index is 12.4. The van der Waals surface area contributed by atoms with Crippen LogP contribution in [0.15, 0.2) is 0 Å². The Labute approximate surface area is 693 Å². The Balaban J connectivity index is 0.000000178. The minimum atomic E-state index is -0.411. The van der Waals surface area contributed by atoms with Crippen LogP contribution in [-0.2, 0) is 33.4 Å². The van der Waals surface area contributed by atoms with Gasteiger partial charge in [0.2, 0.25) is 17.7 Å². The van der Waals surface area contributed by atoms with E-state index in [1.54, 1.807) is 14.7 Å². The number of hydrogen-bond acceptors (Lipinski definition) is 17. The van der Waals surface area contributed by atoms with E-state index in [4.69, 9.17) is 25.3 Å². The number of halogens is 2. The van der Waals surface area contributed by atoms with Crippen LogP contribution in [-0.4, -0.2) is 181 Å². The van der Waals surface area contributed by atoms with E-state index in [9.17, 15) is 44.4 Å². The number of nitrogens with zero attached hydrogens (tertiary/aromatic N) is 6. The second kappa shape index (κ2) is 42.1. The van der Waals surface area contributed by atoms with Crippen LogP contribution in [0.25, 0.3) is 0 Å². The van der Waals surface area contributed by atoms with E-state index in [0.29, 0.717) is 132 Å². The number of nitrogens with one attached hydrogen (secondary N) is 3. The smallest absolute Gasteiger partial charge is 0.237 e. The third-order valence-corrected chi connectivity index (χ3v) is 32.0. The molecule has 642 valence electrons. The molecule has 113 heavy (non-hydrogen) atoms. The Hall–Kier alpha value is -3.56. The van der Waals surface area contributed by atoms with Crippen molar-refractivity contribution in [2.75, 3.05) is 52.5 Å². The number of carbonyl (C=O) groups excluding carboxylic acids is 5. The molecule has 14 aliphatic carbocycles. The van der Waals surface area contributed by atoms with E-state index < -0.39 is 22.4 Å². The molecule has 4 heterocycles. The molecule has 7 N–H and O–H groups in total. The maximum Gasteiger partial charge on any atom is 0.237 e. The fourth-order valence-corrected chi connectivity index (χ4v) is 26.7. The van der Waals surface area contributed by atoms with Crippen LogP contribution >= 0.6 is 24.8 Å². The lowest BCUT2D eigenvalue weighted by atomic mass is 9.75. The molecule has 4 aliphatic heterocycles. The number of hydrogen-bond donors (Lipinski definition) is 7. The van der Waals surface area contributed by atoms with Gasteiger partial charge in [-0.05, 0) is 263 Å². The second-order valence-corrected chi connectivity index (χ2v) is 38.7. The van der Waals surface area contributed by atoms with Gasteiger partial charge in [0.15, 0.2) is 5.79 Å². The summed E-state index contributed by atoms with van der Waals surface area (Å²) in [4.78, 5) is 65.0. The molecule has 18 rings (SSSR count). The van der Waals surface area contributed by atoms with Gasteiger partial charge in [0.1, 0.15) is 29.7 Å². The van der Waals surface area contributed by atoms with Crippen LogP contribution in [0.2, 0.25) is 0 Å². The van der Waals surface area contributed by atoms with Gasteiger partial charge in [-0.3, -0.25) is 24.0 Å². The number of carbonyl (C=O) groups is 5. The van der Waals surface area contributed by atoms with Crippen LogP contribution < -0.4 is 16.0 Å². The molecule has 3 amide bonds. The molecule has 14 saturated carbocycles. The molecule has 1 spiro atoms. The summed E-state index contributed by atoms with van der Waals surface area (Å²) >= 11 is 0. The highest BCUT2D eigenvalue weighted by molar-refractivity contribution is 5.86. The lowest BCUT2D eigenvalue weighted by Crippen LogP contribution is -2.43. The zero-order valence-corrected chi connectivity index (χ0v) is 67.5. The largest absolute Gasteiger partial charge is 0.390 e. The van der Waals surface area contributed by atoms with Crippen molar-refractivity contribution < 1.29 is 53.9 Å². The lowest BCUT2D eigenvalue weighted by Gasteiger charge is -2.36. The third kappa shape index (κ3) is 22.4. The first-order valence-corrected chi connectivity index (χ1v) is 44.2. The summed E-state index contributed by atoms with van der Waals surface area (Å²) in [6, 6.07) is 7.25. The number of ether oxygens (including phenoxy) is 2. The molecule has 0 aromatic rings. The van der Waals surface area contributed by atoms with Gasteiger partial charge in [-0.2, -0.15) is 15.8 Å². The van der Waals surface area contributed by atoms with E-state index in [1.807, 2.05) is 0 Å². The summed E-state index contributed by atoms with van der Waals surface area (Å²) in [5, 5.41) is 82.2. The summed E-state index contributed by atoms with van der Waals surface area (Å²) < 4.78 is 11.3. The van der Waals surface area contributed by atoms with Gasteiger partial charge < -0.3 is 60.5 Å². The highest BCUT2D eigenvalue weighted by atomic mass is 35.5. The number of likely N-dealkylation sites (tertiary alicyclic amines) is 3. The van der Waals surface area contributed by atoms with E-state index in [0.717, 1.165) is 200 Å². The van der Waals surface area contributed by atoms with Crippen LogP contribution in [0.1, 0.15) is 325 Å². The Morgan fingerprint density at radius 2 is 0.566 bits per heavy atom. The molecule has 20 atom stereocenters. The van der Waals surface area contributed by atoms with Gasteiger partial charge in [-0.15, -0.1) is 24.8 Å². The van der Waals surface area contributed by atoms with Crippen molar-refractivity contribution in [1.82, 2.24) is 30.7 Å². The summed E-state index contributed by atoms with van der Waals surface area (Å²) in [6.07, 6.45) is 49.7. The Bertz CT molecular complexity index is 2870. The molecule has 0 radical (unpaired) electrons. The minimum absolute atomic E-state index is 0. The highest BCUT2D eigenvalue weighted by Gasteiger charge is 2.57. The van der Waals surface area contributed by atoms with Crippen molar-refractivity contribution >= 4 is 54.1 Å². The standard InChI is InChI=1S/3C21H33N3O2.C14H22O2.C10H14O3.4CH4.2ClH/c3*22-13-19-7-4-8-24(19)20(25)14-23-18-9-15-11-21(26,12-16(15)10-18)17-5-2-1-3-6-17;15-13-6-10-8-14(16,9-11(10)7-13)12-4-2-1-3-5-12;11-9-3-7-5-10(6-8(7)4-9)12-1-2-13-10;;;;;;/h3*15-19,23,26H,1-12,14H2;10-12,16H,1-9H2;7-8H,1-6H2;4*1H4;2*1H/t3*15-,16+,18?,19-,21?;10-,11+,14?;7-,8+;;;;;;/m000......../s1. The van der Waals surface area contributed by atoms with Crippen molar-refractivity contribution in [2.24, 2.45) is 82.9 Å². The van der Waals surface area contributed by atoms with Gasteiger partial charge in [0.05, 0.1) is 73.5 Å². The fraction of sp³-hybridized carbons (Fsp3) is 0.912. The molecule has 20 nitrogen and oxygen atoms in total. The molecular weight excluding hydrogens is 1470 g/mol. The van der Waals surface area contributed by atoms with Gasteiger partial charge in [0, 0.05) is 76.3 Å². The van der Waals surface area contributed by atoms with Gasteiger partial charge in [-0.1, -0.05) is 107 Å². The lowest BCUT2D eigenvalue weighted by molar-refractivity contribution is -0.156. The average Bonchev–Trinajstić information content (AvgIpc) is 1.64. The number of aliphatic hydroxyl groups is 4. The minimum Gasteiger partial charge on any atom is -0.390 e. The molecule has 18 aliphatic rings. The number of ketones is 2. The van der Waals surface area contributed by atoms with Crippen LogP contribution in [0, 0.1) is 117 Å². The topological polar surface area (TPSA) is 302 Å². The number of nitriles is 3. The van der Waals surface area contributed by atoms with Crippen LogP contribution in [0.3, 0.4) is 0 Å². The predicted molar refractivity (Wildman–Crippen MR) is 446 cm³/mol. The second-order valence-electron chi connectivity index (χ2n) is 38.7. The van der Waals surface area contributed by atoms with Crippen LogP contribution in [0.4, 0.5) is 0 Å². The van der Waals surface area contributed by atoms with Crippen molar-refractivity contribution in [2.45, 2.75) is 390 Å². The normalized spacial score (nSPS) is 39.1. The molecule has 4 saturated heterocycles. The number of rotatable bonds is 13. The van der Waals surface area contributed by atoms with Crippen molar-refractivity contribution in [3.8, 4) is 18.2 Å². The van der Waals surface area contributed by atoms with Crippen molar-refractivity contribution in [3.05, 3.63) is 0 Å². The Morgan fingerprint density at radius 1 is 0.345 bits per heavy atom. The number of Topliss-reactive ketones (excluding diaryl/α,β-unsaturated/α-hetero) is 2. The summed E-state index contributed by atoms with van der Waals surface area (Å²) in [6.45, 7) is 4.70. The summed E-state index contributed by atoms with van der Waals surface area (Å²) in [5.74, 6) is 8.73. The fourth-order valence-electron chi connectivity index (χ4n) is 26.7. The first-order chi connectivity index (χ1) is 51.7. The SMILES string of the molecule is C.C.C.C.Cl.Cl.N#C[C@@H]1CCCN1C(=O)CNC1C[C@@H]2CC(O)(C3CCCCC3)C[C@@H]2C1.N#C[C@@H]1CCCN1C(=O)CNC1C[C@@H]2CC(O)(C3CCCCC3)C[C@@H]2C1.N#C[C@@H]1CCCN1C(=O)CNC1C[C@@H]2CC(O)(C3CCCCC3)C[C@@H]2C1.O=C1C[C@@H]2CC(O)(C3CCCCC3)C[C@@H]2C1.O=C1C[C@@H]2CC3(C[C@@H]2C1)OCCO3. The van der Waals surface area contributed by atoms with Crippen molar-refractivity contribution in [3.63, 3.8) is 0 Å². The van der Waals surface area contributed by atoms with Gasteiger partial charge in [-0.25, -0.2) is 0 Å². The zero-order valence-electron chi connectivity index (χ0n) is 65.9. The molecule has 0 bridgehead atoms. The maximum absolute atomic E-state index is 12.4. The molecular formula is C91H153Cl2N9O11. The monoisotopic (exact) mass is 1620 g/mol. The van der Waals surface area contributed by atoms with Crippen LogP contribution in [0.5, 0.6) is 0 Å². The molecule has 22 heteroatoms. The molecule has 0 aromatic carbocycles. The van der Waals surface area contributed by atoms with E-state index >= 15 is 0 Å². The summed E-state index contributed by atoms with van der Waals surface area (Å²) in [5.41, 5.74) is -1.64. The molecule has 18 fully saturated rings. The third-order valence-electron chi connectivity index (χ3n) is 32.0. The van der Waals surface area contributed by atoms with E-state index in [-0.39, 0.29) is 96.2 Å². The Kier molecular flexibility index (Phi) is 35.4. The van der Waals surface area contributed by atoms with Gasteiger partial charge in [0.25, 0.3) is 0 Å². The quantitative estimate of drug-likeness (QED) is 0.0901. The average molecular weight is 1620 g/mol. The first kappa shape index (κ1) is 94.9. The Morgan fingerprint density at radius 3 is 0.796 bits per heavy atom. The number of fused-ring (bicyclic) bond motifs is 5. The van der Waals surface area contributed by atoms with Gasteiger partial charge >= 0.3 is 0 Å². The zero-order chi connectivity index (χ0) is 74.5. The van der Waals surface area contributed by atoms with E-state index in [1.165, 1.54) is 128 Å². The van der Waals surface area contributed by atoms with E-state index in [2.05, 4.69) is 34.2 Å².